The number of thioether (sulfide) groups is 1. The van der Waals surface area contributed by atoms with Crippen molar-refractivity contribution in [2.75, 3.05) is 13.2 Å². The van der Waals surface area contributed by atoms with Crippen LogP contribution < -0.4 is 0 Å². The lowest BCUT2D eigenvalue weighted by molar-refractivity contribution is 0.0467. The van der Waals surface area contributed by atoms with Gasteiger partial charge in [0.25, 0.3) is 0 Å². The molecule has 1 saturated heterocycles. The van der Waals surface area contributed by atoms with E-state index < -0.39 is 13.7 Å². The highest BCUT2D eigenvalue weighted by Crippen LogP contribution is 2.67. The second-order valence-electron chi connectivity index (χ2n) is 9.37. The van der Waals surface area contributed by atoms with E-state index >= 15 is 0 Å². The van der Waals surface area contributed by atoms with E-state index in [1.54, 1.807) is 11.8 Å². The van der Waals surface area contributed by atoms with Gasteiger partial charge in [-0.25, -0.2) is 0 Å². The van der Waals surface area contributed by atoms with Gasteiger partial charge in [-0.15, -0.1) is 0 Å². The number of rotatable bonds is 2. The van der Waals surface area contributed by atoms with Crippen LogP contribution in [0.15, 0.2) is 70.5 Å². The van der Waals surface area contributed by atoms with E-state index in [1.807, 2.05) is 81.4 Å². The van der Waals surface area contributed by atoms with Crippen LogP contribution in [0.2, 0.25) is 0 Å². The molecular weight excluding hydrogens is 439 g/mol. The molecular formula is C26H27O4PS. The largest absolute Gasteiger partial charge is 0.388 e. The highest BCUT2D eigenvalue weighted by Gasteiger charge is 2.43. The van der Waals surface area contributed by atoms with Crippen molar-refractivity contribution in [2.24, 2.45) is 5.41 Å². The first-order valence-corrected chi connectivity index (χ1v) is 13.2. The van der Waals surface area contributed by atoms with Crippen LogP contribution in [0, 0.1) is 12.3 Å². The molecule has 5 rings (SSSR count). The van der Waals surface area contributed by atoms with E-state index in [4.69, 9.17) is 9.05 Å². The van der Waals surface area contributed by atoms with E-state index in [9.17, 15) is 9.67 Å². The number of aliphatic hydroxyl groups excluding tert-OH is 1. The summed E-state index contributed by atoms with van der Waals surface area (Å²) >= 11 is 1.56. The number of hydrogen-bond acceptors (Lipinski definition) is 5. The van der Waals surface area contributed by atoms with E-state index in [-0.39, 0.29) is 5.41 Å². The van der Waals surface area contributed by atoms with Crippen LogP contribution in [-0.2, 0) is 13.6 Å². The maximum absolute atomic E-state index is 14.2. The van der Waals surface area contributed by atoms with Crippen molar-refractivity contribution in [3.63, 3.8) is 0 Å². The van der Waals surface area contributed by atoms with E-state index in [0.717, 1.165) is 37.3 Å². The first kappa shape index (κ1) is 21.9. The van der Waals surface area contributed by atoms with Crippen LogP contribution in [0.3, 0.4) is 0 Å². The van der Waals surface area contributed by atoms with Gasteiger partial charge in [-0.05, 0) is 34.9 Å². The molecule has 1 N–H and O–H groups in total. The summed E-state index contributed by atoms with van der Waals surface area (Å²) in [5, 5.41) is 13.6. The molecule has 1 atom stereocenters. The number of fused-ring (bicyclic) bond motifs is 2. The molecule has 0 spiro atoms. The predicted octanol–water partition coefficient (Wildman–Crippen LogP) is 7.31. The quantitative estimate of drug-likeness (QED) is 0.401. The fourth-order valence-electron chi connectivity index (χ4n) is 4.24. The molecule has 1 fully saturated rings. The summed E-state index contributed by atoms with van der Waals surface area (Å²) in [5.74, 6) is 0. The molecule has 4 nitrogen and oxygen atoms in total. The summed E-state index contributed by atoms with van der Waals surface area (Å²) < 4.78 is 26.3. The Labute approximate surface area is 193 Å². The molecule has 0 bridgehead atoms. The topological polar surface area (TPSA) is 55.8 Å². The monoisotopic (exact) mass is 466 g/mol. The summed E-state index contributed by atoms with van der Waals surface area (Å²) in [6.07, 6.45) is -0.293. The summed E-state index contributed by atoms with van der Waals surface area (Å²) in [5.41, 5.74) is 2.67. The van der Waals surface area contributed by atoms with Gasteiger partial charge in [0.1, 0.15) is 0 Å². The Morgan fingerprint density at radius 2 is 1.78 bits per heavy atom. The van der Waals surface area contributed by atoms with Crippen LogP contribution in [-0.4, -0.2) is 18.3 Å². The molecule has 3 aromatic carbocycles. The maximum Gasteiger partial charge on any atom is 0.362 e. The van der Waals surface area contributed by atoms with Crippen molar-refractivity contribution in [1.82, 2.24) is 0 Å². The van der Waals surface area contributed by atoms with Crippen molar-refractivity contribution in [3.05, 3.63) is 82.3 Å². The molecule has 0 saturated carbocycles. The standard InChI is InChI=1S/C26H27O4PS/c1-17-11-12-23-21(13-17)22(27)14-24(32-23)25(31(28)29-15-26(2,3)16-30-31)20-10-6-8-18-7-4-5-9-19(18)20/h4-13,22,27H,14-16H2,1-3H3/b25-24+. The minimum absolute atomic E-state index is 0.203. The molecule has 32 heavy (non-hydrogen) atoms. The molecule has 2 aliphatic rings. The molecule has 2 aliphatic heterocycles. The molecule has 0 aromatic heterocycles. The van der Waals surface area contributed by atoms with E-state index in [0.29, 0.717) is 24.9 Å². The van der Waals surface area contributed by atoms with Gasteiger partial charge in [0.2, 0.25) is 0 Å². The van der Waals surface area contributed by atoms with Gasteiger partial charge in [-0.2, -0.15) is 0 Å². The van der Waals surface area contributed by atoms with Gasteiger partial charge in [0.15, 0.2) is 0 Å². The SMILES string of the molecule is Cc1ccc2c(c1)C(O)C/C(=C(/c1cccc3ccccc13)P1(=O)OCC(C)(C)CO1)S2. The zero-order valence-electron chi connectivity index (χ0n) is 18.5. The Morgan fingerprint density at radius 3 is 2.56 bits per heavy atom. The van der Waals surface area contributed by atoms with Crippen molar-refractivity contribution < 1.29 is 18.7 Å². The third-order valence-corrected chi connectivity index (χ3v) is 9.33. The van der Waals surface area contributed by atoms with Crippen molar-refractivity contribution >= 4 is 35.4 Å². The first-order valence-electron chi connectivity index (χ1n) is 10.8. The third kappa shape index (κ3) is 3.98. The summed E-state index contributed by atoms with van der Waals surface area (Å²) in [4.78, 5) is 1.82. The summed E-state index contributed by atoms with van der Waals surface area (Å²) in [6, 6.07) is 20.1. The molecule has 3 aromatic rings. The average molecular weight is 467 g/mol. The highest BCUT2D eigenvalue weighted by molar-refractivity contribution is 8.03. The van der Waals surface area contributed by atoms with Crippen LogP contribution in [0.1, 0.15) is 43.1 Å². The summed E-state index contributed by atoms with van der Waals surface area (Å²) in [7, 11) is -3.60. The average Bonchev–Trinajstić information content (AvgIpc) is 2.77. The molecule has 0 aliphatic carbocycles. The predicted molar refractivity (Wildman–Crippen MR) is 131 cm³/mol. The zero-order valence-corrected chi connectivity index (χ0v) is 20.2. The summed E-state index contributed by atoms with van der Waals surface area (Å²) in [6.45, 7) is 6.82. The van der Waals surface area contributed by atoms with Crippen molar-refractivity contribution in [3.8, 4) is 0 Å². The normalized spacial score (nSPS) is 23.6. The van der Waals surface area contributed by atoms with Gasteiger partial charge in [-0.3, -0.25) is 4.57 Å². The molecule has 0 amide bonds. The second kappa shape index (κ2) is 8.16. The lowest BCUT2D eigenvalue weighted by Gasteiger charge is -2.36. The Hall–Kier alpha value is -1.88. The fraction of sp³-hybridized carbons (Fsp3) is 0.308. The Kier molecular flexibility index (Phi) is 5.59. The van der Waals surface area contributed by atoms with Gasteiger partial charge in [0, 0.05) is 21.6 Å². The van der Waals surface area contributed by atoms with Gasteiger partial charge in [0.05, 0.1) is 24.6 Å². The smallest absolute Gasteiger partial charge is 0.362 e. The van der Waals surface area contributed by atoms with E-state index in [2.05, 4.69) is 0 Å². The molecule has 1 unspecified atom stereocenters. The fourth-order valence-corrected chi connectivity index (χ4v) is 8.13. The van der Waals surface area contributed by atoms with Gasteiger partial charge >= 0.3 is 7.60 Å². The number of aliphatic hydroxyl groups is 1. The highest BCUT2D eigenvalue weighted by atomic mass is 32.2. The van der Waals surface area contributed by atoms with Crippen LogP contribution in [0.5, 0.6) is 0 Å². The lowest BCUT2D eigenvalue weighted by Crippen LogP contribution is -2.29. The zero-order chi connectivity index (χ0) is 22.5. The van der Waals surface area contributed by atoms with Crippen LogP contribution in [0.25, 0.3) is 16.1 Å². The number of hydrogen-bond donors (Lipinski definition) is 1. The number of aryl methyl sites for hydroxylation is 1. The first-order chi connectivity index (χ1) is 15.3. The van der Waals surface area contributed by atoms with Crippen LogP contribution >= 0.6 is 19.4 Å². The van der Waals surface area contributed by atoms with Gasteiger partial charge < -0.3 is 14.2 Å². The minimum Gasteiger partial charge on any atom is -0.388 e. The molecule has 166 valence electrons. The second-order valence-corrected chi connectivity index (χ2v) is 12.5. The van der Waals surface area contributed by atoms with E-state index in [1.165, 1.54) is 0 Å². The van der Waals surface area contributed by atoms with Crippen LogP contribution in [0.4, 0.5) is 0 Å². The van der Waals surface area contributed by atoms with Crippen molar-refractivity contribution in [2.45, 2.75) is 38.2 Å². The molecule has 0 radical (unpaired) electrons. The third-order valence-electron chi connectivity index (χ3n) is 5.97. The van der Waals surface area contributed by atoms with Gasteiger partial charge in [-0.1, -0.05) is 85.8 Å². The minimum atomic E-state index is -3.60. The lowest BCUT2D eigenvalue weighted by atomic mass is 9.97. The Balaban J connectivity index is 1.72. The Morgan fingerprint density at radius 1 is 1.06 bits per heavy atom. The maximum atomic E-state index is 14.2. The number of benzene rings is 3. The Bertz CT molecular complexity index is 1260. The molecule has 6 heteroatoms. The molecule has 2 heterocycles. The van der Waals surface area contributed by atoms with Crippen molar-refractivity contribution in [1.29, 1.82) is 0 Å².